The van der Waals surface area contributed by atoms with Gasteiger partial charge in [0.1, 0.15) is 6.33 Å². The number of anilines is 1. The van der Waals surface area contributed by atoms with E-state index in [1.807, 2.05) is 24.3 Å². The maximum absolute atomic E-state index is 11.0. The van der Waals surface area contributed by atoms with Crippen molar-refractivity contribution in [2.24, 2.45) is 5.84 Å². The molecule has 0 saturated carbocycles. The van der Waals surface area contributed by atoms with E-state index in [-0.39, 0.29) is 5.69 Å². The van der Waals surface area contributed by atoms with Gasteiger partial charge in [0, 0.05) is 12.1 Å². The molecule has 0 fully saturated rings. The van der Waals surface area contributed by atoms with Crippen LogP contribution in [-0.2, 0) is 0 Å². The maximum Gasteiger partial charge on any atom is 0.273 e. The first-order valence-electron chi connectivity index (χ1n) is 5.87. The molecule has 0 aliphatic heterocycles. The fraction of sp³-hybridized carbons (Fsp3) is 0. The molecule has 20 heavy (non-hydrogen) atoms. The second-order valence-electron chi connectivity index (χ2n) is 4.24. The normalized spacial score (nSPS) is 10.7. The Morgan fingerprint density at radius 1 is 1.25 bits per heavy atom. The summed E-state index contributed by atoms with van der Waals surface area (Å²) in [5, 5.41) is 11.0. The largest absolute Gasteiger partial charge is 0.324 e. The van der Waals surface area contributed by atoms with Crippen LogP contribution in [0.1, 0.15) is 0 Å². The topological polar surface area (TPSA) is 99.0 Å². The molecule has 0 amide bonds. The van der Waals surface area contributed by atoms with Gasteiger partial charge in [-0.3, -0.25) is 20.5 Å². The molecule has 7 heteroatoms. The molecule has 0 radical (unpaired) electrons. The van der Waals surface area contributed by atoms with Crippen molar-refractivity contribution < 1.29 is 4.92 Å². The molecule has 0 bridgehead atoms. The number of rotatable bonds is 3. The number of benzene rings is 2. The van der Waals surface area contributed by atoms with Crippen LogP contribution in [0.5, 0.6) is 0 Å². The summed E-state index contributed by atoms with van der Waals surface area (Å²) in [6.45, 7) is 0. The summed E-state index contributed by atoms with van der Waals surface area (Å²) in [4.78, 5) is 14.8. The van der Waals surface area contributed by atoms with Crippen molar-refractivity contribution in [2.45, 2.75) is 0 Å². The molecule has 0 atom stereocenters. The first-order valence-corrected chi connectivity index (χ1v) is 5.87. The number of para-hydroxylation sites is 2. The zero-order valence-electron chi connectivity index (χ0n) is 10.4. The molecule has 1 heterocycles. The van der Waals surface area contributed by atoms with E-state index in [9.17, 15) is 10.1 Å². The second-order valence-corrected chi connectivity index (χ2v) is 4.24. The highest BCUT2D eigenvalue weighted by Gasteiger charge is 2.12. The fourth-order valence-electron chi connectivity index (χ4n) is 2.09. The van der Waals surface area contributed by atoms with Crippen molar-refractivity contribution in [3.8, 4) is 5.69 Å². The highest BCUT2D eigenvalue weighted by atomic mass is 16.6. The van der Waals surface area contributed by atoms with Gasteiger partial charge in [0.05, 0.1) is 27.3 Å². The van der Waals surface area contributed by atoms with Gasteiger partial charge in [-0.05, 0) is 18.2 Å². The van der Waals surface area contributed by atoms with E-state index in [4.69, 9.17) is 5.84 Å². The molecule has 100 valence electrons. The standard InChI is InChI=1S/C13H11N5O2/c14-16-9-5-10(7-11(6-9)18(19)20)17-8-15-12-3-1-2-4-13(12)17/h1-8,16H,14H2. The van der Waals surface area contributed by atoms with Crippen LogP contribution in [0.4, 0.5) is 11.4 Å². The molecule has 7 nitrogen and oxygen atoms in total. The summed E-state index contributed by atoms with van der Waals surface area (Å²) in [5.41, 5.74) is 5.18. The number of nitrogens with two attached hydrogens (primary N) is 1. The van der Waals surface area contributed by atoms with E-state index in [1.54, 1.807) is 17.0 Å². The number of nitro benzene ring substituents is 1. The van der Waals surface area contributed by atoms with Gasteiger partial charge in [-0.2, -0.15) is 0 Å². The summed E-state index contributed by atoms with van der Waals surface area (Å²) in [6.07, 6.45) is 1.63. The van der Waals surface area contributed by atoms with Gasteiger partial charge in [0.25, 0.3) is 5.69 Å². The van der Waals surface area contributed by atoms with Crippen molar-refractivity contribution in [1.29, 1.82) is 0 Å². The van der Waals surface area contributed by atoms with Crippen molar-refractivity contribution in [1.82, 2.24) is 9.55 Å². The average molecular weight is 269 g/mol. The number of imidazole rings is 1. The Morgan fingerprint density at radius 2 is 2.05 bits per heavy atom. The van der Waals surface area contributed by atoms with Crippen molar-refractivity contribution >= 4 is 22.4 Å². The molecule has 0 aliphatic carbocycles. The van der Waals surface area contributed by atoms with Gasteiger partial charge in [-0.25, -0.2) is 4.98 Å². The molecule has 3 aromatic rings. The van der Waals surface area contributed by atoms with E-state index in [0.29, 0.717) is 11.4 Å². The van der Waals surface area contributed by atoms with Gasteiger partial charge in [-0.15, -0.1) is 0 Å². The van der Waals surface area contributed by atoms with E-state index < -0.39 is 4.92 Å². The lowest BCUT2D eigenvalue weighted by atomic mass is 10.2. The first-order chi connectivity index (χ1) is 9.69. The molecule has 1 aromatic heterocycles. The highest BCUT2D eigenvalue weighted by molar-refractivity contribution is 5.77. The summed E-state index contributed by atoms with van der Waals surface area (Å²) in [5.74, 6) is 5.36. The predicted molar refractivity (Wildman–Crippen MR) is 75.5 cm³/mol. The third kappa shape index (κ3) is 1.95. The van der Waals surface area contributed by atoms with Crippen LogP contribution in [-0.4, -0.2) is 14.5 Å². The molecular weight excluding hydrogens is 258 g/mol. The molecule has 0 unspecified atom stereocenters. The Hall–Kier alpha value is -2.93. The number of fused-ring (bicyclic) bond motifs is 1. The summed E-state index contributed by atoms with van der Waals surface area (Å²) in [7, 11) is 0. The third-order valence-corrected chi connectivity index (χ3v) is 3.01. The van der Waals surface area contributed by atoms with Gasteiger partial charge in [0.15, 0.2) is 0 Å². The number of aromatic nitrogens is 2. The van der Waals surface area contributed by atoms with Crippen molar-refractivity contribution in [3.63, 3.8) is 0 Å². The number of nitrogen functional groups attached to an aromatic ring is 1. The molecule has 2 aromatic carbocycles. The predicted octanol–water partition coefficient (Wildman–Crippen LogP) is 2.22. The van der Waals surface area contributed by atoms with Crippen LogP contribution in [0.15, 0.2) is 48.8 Å². The lowest BCUT2D eigenvalue weighted by Gasteiger charge is -2.07. The quantitative estimate of drug-likeness (QED) is 0.431. The maximum atomic E-state index is 11.0. The fourth-order valence-corrected chi connectivity index (χ4v) is 2.09. The SMILES string of the molecule is NNc1cc(-n2cnc3ccccc32)cc([N+](=O)[O-])c1. The van der Waals surface area contributed by atoms with E-state index >= 15 is 0 Å². The minimum Gasteiger partial charge on any atom is -0.324 e. The molecular formula is C13H11N5O2. The van der Waals surface area contributed by atoms with Crippen molar-refractivity contribution in [3.05, 3.63) is 58.9 Å². The van der Waals surface area contributed by atoms with E-state index in [0.717, 1.165) is 11.0 Å². The molecule has 3 rings (SSSR count). The average Bonchev–Trinajstić information content (AvgIpc) is 2.90. The number of nitrogens with zero attached hydrogens (tertiary/aromatic N) is 3. The molecule has 3 N–H and O–H groups in total. The Kier molecular flexibility index (Phi) is 2.81. The second kappa shape index (κ2) is 4.63. The van der Waals surface area contributed by atoms with E-state index in [1.165, 1.54) is 12.1 Å². The Bertz CT molecular complexity index is 796. The van der Waals surface area contributed by atoms with Gasteiger partial charge in [0.2, 0.25) is 0 Å². The number of non-ortho nitro benzene ring substituents is 1. The molecule has 0 saturated heterocycles. The monoisotopic (exact) mass is 269 g/mol. The molecule has 0 spiro atoms. The number of hydrogen-bond donors (Lipinski definition) is 2. The van der Waals surface area contributed by atoms with Gasteiger partial charge in [-0.1, -0.05) is 12.1 Å². The van der Waals surface area contributed by atoms with Crippen LogP contribution in [0.3, 0.4) is 0 Å². The zero-order chi connectivity index (χ0) is 14.1. The zero-order valence-corrected chi connectivity index (χ0v) is 10.4. The Labute approximate surface area is 113 Å². The van der Waals surface area contributed by atoms with Crippen LogP contribution in [0, 0.1) is 10.1 Å². The first kappa shape index (κ1) is 12.1. The lowest BCUT2D eigenvalue weighted by Crippen LogP contribution is -2.08. The van der Waals surface area contributed by atoms with Gasteiger partial charge >= 0.3 is 0 Å². The minimum atomic E-state index is -0.455. The van der Waals surface area contributed by atoms with E-state index in [2.05, 4.69) is 10.4 Å². The Morgan fingerprint density at radius 3 is 2.80 bits per heavy atom. The summed E-state index contributed by atoms with van der Waals surface area (Å²) < 4.78 is 1.78. The van der Waals surface area contributed by atoms with Crippen molar-refractivity contribution in [2.75, 3.05) is 5.43 Å². The summed E-state index contributed by atoms with van der Waals surface area (Å²) >= 11 is 0. The van der Waals surface area contributed by atoms with Gasteiger partial charge < -0.3 is 5.43 Å². The van der Waals surface area contributed by atoms with Crippen LogP contribution in [0.25, 0.3) is 16.7 Å². The number of hydrazine groups is 1. The third-order valence-electron chi connectivity index (χ3n) is 3.01. The number of nitro groups is 1. The molecule has 0 aliphatic rings. The number of nitrogens with one attached hydrogen (secondary N) is 1. The Balaban J connectivity index is 2.23. The van der Waals surface area contributed by atoms with Crippen LogP contribution < -0.4 is 11.3 Å². The van der Waals surface area contributed by atoms with Crippen LogP contribution in [0.2, 0.25) is 0 Å². The summed E-state index contributed by atoms with van der Waals surface area (Å²) in [6, 6.07) is 12.1. The highest BCUT2D eigenvalue weighted by Crippen LogP contribution is 2.25. The smallest absolute Gasteiger partial charge is 0.273 e. The van der Waals surface area contributed by atoms with Crippen LogP contribution >= 0.6 is 0 Å². The number of hydrogen-bond acceptors (Lipinski definition) is 5. The lowest BCUT2D eigenvalue weighted by molar-refractivity contribution is -0.384. The minimum absolute atomic E-state index is 0.0340.